The van der Waals surface area contributed by atoms with E-state index >= 15 is 0 Å². The van der Waals surface area contributed by atoms with Gasteiger partial charge >= 0.3 is 5.97 Å². The first-order valence-electron chi connectivity index (χ1n) is 4.89. The van der Waals surface area contributed by atoms with Gasteiger partial charge in [0, 0.05) is 6.26 Å². The van der Waals surface area contributed by atoms with Gasteiger partial charge in [0.1, 0.15) is 5.92 Å². The lowest BCUT2D eigenvalue weighted by Gasteiger charge is -2.12. The van der Waals surface area contributed by atoms with Crippen LogP contribution in [0.25, 0.3) is 0 Å². The van der Waals surface area contributed by atoms with E-state index in [9.17, 15) is 13.2 Å². The highest BCUT2D eigenvalue weighted by Crippen LogP contribution is 2.19. The Morgan fingerprint density at radius 3 is 2.24 bits per heavy atom. The zero-order valence-corrected chi connectivity index (χ0v) is 10.4. The van der Waals surface area contributed by atoms with Gasteiger partial charge in [-0.05, 0) is 17.7 Å². The lowest BCUT2D eigenvalue weighted by Crippen LogP contribution is -2.17. The predicted molar refractivity (Wildman–Crippen MR) is 61.4 cm³/mol. The second-order valence-corrected chi connectivity index (χ2v) is 5.62. The lowest BCUT2D eigenvalue weighted by atomic mass is 10.0. The zero-order chi connectivity index (χ0) is 13.1. The molecular weight excluding hydrogens is 244 g/mol. The van der Waals surface area contributed by atoms with E-state index in [0.717, 1.165) is 6.26 Å². The van der Waals surface area contributed by atoms with Crippen LogP contribution in [-0.4, -0.2) is 39.5 Å². The van der Waals surface area contributed by atoms with Gasteiger partial charge in [-0.3, -0.25) is 4.79 Å². The Morgan fingerprint density at radius 1 is 1.35 bits per heavy atom. The summed E-state index contributed by atoms with van der Waals surface area (Å²) < 4.78 is 27.0. The summed E-state index contributed by atoms with van der Waals surface area (Å²) in [5, 5.41) is 9.09. The van der Waals surface area contributed by atoms with Gasteiger partial charge in [-0.1, -0.05) is 12.1 Å². The molecule has 1 rings (SSSR count). The maximum Gasteiger partial charge on any atom is 0.315 e. The van der Waals surface area contributed by atoms with Gasteiger partial charge in [-0.15, -0.1) is 0 Å². The molecular formula is C11H14O5S. The molecule has 0 aliphatic rings. The Morgan fingerprint density at radius 2 is 1.88 bits per heavy atom. The molecule has 0 fully saturated rings. The third kappa shape index (κ3) is 3.28. The predicted octanol–water partition coefficient (Wildman–Crippen LogP) is 0.339. The minimum atomic E-state index is -3.26. The van der Waals surface area contributed by atoms with Crippen LogP contribution in [0.4, 0.5) is 0 Å². The Balaban J connectivity index is 3.05. The molecule has 6 heteroatoms. The molecule has 0 aliphatic carbocycles. The van der Waals surface area contributed by atoms with Gasteiger partial charge in [0.25, 0.3) is 0 Å². The highest BCUT2D eigenvalue weighted by atomic mass is 32.2. The topological polar surface area (TPSA) is 80.7 Å². The number of benzene rings is 1. The smallest absolute Gasteiger partial charge is 0.315 e. The van der Waals surface area contributed by atoms with Crippen molar-refractivity contribution in [3.05, 3.63) is 29.8 Å². The van der Waals surface area contributed by atoms with E-state index in [1.54, 1.807) is 0 Å². The maximum absolute atomic E-state index is 11.3. The first-order valence-corrected chi connectivity index (χ1v) is 6.78. The molecule has 0 heterocycles. The van der Waals surface area contributed by atoms with Crippen molar-refractivity contribution in [3.63, 3.8) is 0 Å². The van der Waals surface area contributed by atoms with Crippen molar-refractivity contribution in [2.75, 3.05) is 20.0 Å². The summed E-state index contributed by atoms with van der Waals surface area (Å²) in [6.07, 6.45) is 1.10. The fourth-order valence-corrected chi connectivity index (χ4v) is 2.04. The van der Waals surface area contributed by atoms with E-state index in [4.69, 9.17) is 5.11 Å². The van der Waals surface area contributed by atoms with Crippen LogP contribution in [0.15, 0.2) is 29.2 Å². The van der Waals surface area contributed by atoms with Crippen LogP contribution in [0.2, 0.25) is 0 Å². The van der Waals surface area contributed by atoms with E-state index in [0.29, 0.717) is 5.56 Å². The number of methoxy groups -OCH3 is 1. The standard InChI is InChI=1S/C11H14O5S/c1-16-11(13)10(7-12)8-3-5-9(6-4-8)17(2,14)15/h3-6,10,12H,7H2,1-2H3. The Kier molecular flexibility index (Phi) is 4.25. The summed E-state index contributed by atoms with van der Waals surface area (Å²) in [5.74, 6) is -1.34. The summed E-state index contributed by atoms with van der Waals surface area (Å²) in [4.78, 5) is 11.5. The number of carbonyl (C=O) groups is 1. The lowest BCUT2D eigenvalue weighted by molar-refractivity contribution is -0.143. The molecule has 0 amide bonds. The molecule has 17 heavy (non-hydrogen) atoms. The molecule has 1 aromatic rings. The zero-order valence-electron chi connectivity index (χ0n) is 9.58. The summed E-state index contributed by atoms with van der Waals surface area (Å²) in [7, 11) is -2.02. The van der Waals surface area contributed by atoms with E-state index in [1.807, 2.05) is 0 Å². The quantitative estimate of drug-likeness (QED) is 0.788. The van der Waals surface area contributed by atoms with Gasteiger partial charge in [0.05, 0.1) is 18.6 Å². The number of ether oxygens (including phenoxy) is 1. The number of hydrogen-bond donors (Lipinski definition) is 1. The third-order valence-corrected chi connectivity index (χ3v) is 3.51. The van der Waals surface area contributed by atoms with E-state index in [2.05, 4.69) is 4.74 Å². The fraction of sp³-hybridized carbons (Fsp3) is 0.364. The minimum absolute atomic E-state index is 0.169. The Hall–Kier alpha value is -1.40. The summed E-state index contributed by atoms with van der Waals surface area (Å²) in [5.41, 5.74) is 0.520. The third-order valence-electron chi connectivity index (χ3n) is 2.38. The molecule has 0 aliphatic heterocycles. The van der Waals surface area contributed by atoms with Crippen LogP contribution >= 0.6 is 0 Å². The summed E-state index contributed by atoms with van der Waals surface area (Å²) >= 11 is 0. The van der Waals surface area contributed by atoms with Crippen molar-refractivity contribution >= 4 is 15.8 Å². The van der Waals surface area contributed by atoms with Crippen LogP contribution in [0.5, 0.6) is 0 Å². The molecule has 1 unspecified atom stereocenters. The molecule has 0 aromatic heterocycles. The van der Waals surface area contributed by atoms with Gasteiger partial charge in [-0.25, -0.2) is 8.42 Å². The number of esters is 1. The first kappa shape index (κ1) is 13.7. The molecule has 1 N–H and O–H groups in total. The largest absolute Gasteiger partial charge is 0.468 e. The van der Waals surface area contributed by atoms with Crippen LogP contribution in [0.1, 0.15) is 11.5 Å². The first-order chi connectivity index (χ1) is 7.90. The van der Waals surface area contributed by atoms with Gasteiger partial charge in [0.15, 0.2) is 9.84 Å². The molecule has 1 aromatic carbocycles. The minimum Gasteiger partial charge on any atom is -0.468 e. The molecule has 0 saturated carbocycles. The molecule has 0 radical (unpaired) electrons. The van der Waals surface area contributed by atoms with E-state index in [-0.39, 0.29) is 11.5 Å². The van der Waals surface area contributed by atoms with Crippen molar-refractivity contribution in [1.82, 2.24) is 0 Å². The Bertz CT molecular complexity index is 489. The molecule has 0 spiro atoms. The fourth-order valence-electron chi connectivity index (χ4n) is 1.41. The van der Waals surface area contributed by atoms with Crippen molar-refractivity contribution in [3.8, 4) is 0 Å². The van der Waals surface area contributed by atoms with Crippen LogP contribution in [0, 0.1) is 0 Å². The van der Waals surface area contributed by atoms with Crippen molar-refractivity contribution in [1.29, 1.82) is 0 Å². The van der Waals surface area contributed by atoms with E-state index < -0.39 is 21.7 Å². The molecule has 1 atom stereocenters. The number of aliphatic hydroxyl groups excluding tert-OH is 1. The van der Waals surface area contributed by atoms with Crippen LogP contribution in [0.3, 0.4) is 0 Å². The van der Waals surface area contributed by atoms with Gasteiger partial charge in [-0.2, -0.15) is 0 Å². The monoisotopic (exact) mass is 258 g/mol. The van der Waals surface area contributed by atoms with Crippen molar-refractivity contribution in [2.45, 2.75) is 10.8 Å². The number of sulfone groups is 1. The van der Waals surface area contributed by atoms with Crippen molar-refractivity contribution < 1.29 is 23.1 Å². The van der Waals surface area contributed by atoms with Crippen LogP contribution in [-0.2, 0) is 19.4 Å². The highest BCUT2D eigenvalue weighted by Gasteiger charge is 2.20. The summed E-state index contributed by atoms with van der Waals surface area (Å²) in [6.45, 7) is -0.384. The van der Waals surface area contributed by atoms with Gasteiger partial charge in [0.2, 0.25) is 0 Å². The molecule has 0 bridgehead atoms. The average molecular weight is 258 g/mol. The van der Waals surface area contributed by atoms with Crippen LogP contribution < -0.4 is 0 Å². The second kappa shape index (κ2) is 5.29. The van der Waals surface area contributed by atoms with Crippen molar-refractivity contribution in [2.24, 2.45) is 0 Å². The SMILES string of the molecule is COC(=O)C(CO)c1ccc(S(C)(=O)=O)cc1. The normalized spacial score (nSPS) is 13.1. The molecule has 0 saturated heterocycles. The number of carbonyl (C=O) groups excluding carboxylic acids is 1. The summed E-state index contributed by atoms with van der Waals surface area (Å²) in [6, 6.07) is 5.79. The number of aliphatic hydroxyl groups is 1. The Labute approximate surface area is 100.0 Å². The molecule has 94 valence electrons. The van der Waals surface area contributed by atoms with E-state index in [1.165, 1.54) is 31.4 Å². The highest BCUT2D eigenvalue weighted by molar-refractivity contribution is 7.90. The molecule has 5 nitrogen and oxygen atoms in total. The number of hydrogen-bond acceptors (Lipinski definition) is 5. The second-order valence-electron chi connectivity index (χ2n) is 3.60. The average Bonchev–Trinajstić information content (AvgIpc) is 2.29. The maximum atomic E-state index is 11.3. The van der Waals surface area contributed by atoms with Gasteiger partial charge < -0.3 is 9.84 Å². The number of rotatable bonds is 4.